The highest BCUT2D eigenvalue weighted by Crippen LogP contribution is 2.14. The number of hydrogen-bond donors (Lipinski definition) is 3. The Bertz CT molecular complexity index is 937. The number of fused-ring (bicyclic) bond motifs is 1. The first-order valence-corrected chi connectivity index (χ1v) is 8.49. The summed E-state index contributed by atoms with van der Waals surface area (Å²) in [6.07, 6.45) is 2.07. The lowest BCUT2D eigenvalue weighted by atomic mass is 10.1. The molecule has 3 rings (SSSR count). The van der Waals surface area contributed by atoms with Crippen LogP contribution in [0.4, 0.5) is 0 Å². The van der Waals surface area contributed by atoms with Crippen LogP contribution in [-0.2, 0) is 22.6 Å². The maximum atomic E-state index is 12.1. The smallest absolute Gasteiger partial charge is 0.258 e. The average Bonchev–Trinajstić information content (AvgIpc) is 3.04. The molecule has 6 nitrogen and oxygen atoms in total. The average molecular weight is 366 g/mol. The number of carbonyl (C=O) groups excluding carboxylic acids is 2. The second-order valence-electron chi connectivity index (χ2n) is 5.72. The van der Waals surface area contributed by atoms with Gasteiger partial charge in [0.2, 0.25) is 5.91 Å². The van der Waals surface area contributed by atoms with Crippen LogP contribution in [0.25, 0.3) is 10.9 Å². The van der Waals surface area contributed by atoms with E-state index in [0.29, 0.717) is 0 Å². The van der Waals surface area contributed by atoms with Crippen LogP contribution in [0.3, 0.4) is 0 Å². The number of thiocarbonyl (C=S) groups is 1. The van der Waals surface area contributed by atoms with E-state index in [4.69, 9.17) is 12.2 Å². The Morgan fingerprint density at radius 1 is 0.885 bits per heavy atom. The van der Waals surface area contributed by atoms with Crippen molar-refractivity contribution in [3.05, 3.63) is 72.4 Å². The SMILES string of the molecule is O=C(Cn1ccc2ccccc21)NNC(=S)NC(=O)Cc1ccccc1. The molecule has 0 fully saturated rings. The second kappa shape index (κ2) is 8.26. The molecule has 2 aromatic carbocycles. The lowest BCUT2D eigenvalue weighted by Gasteiger charge is -2.11. The van der Waals surface area contributed by atoms with Gasteiger partial charge in [0.1, 0.15) is 6.54 Å². The van der Waals surface area contributed by atoms with E-state index in [1.54, 1.807) is 0 Å². The number of nitrogens with one attached hydrogen (secondary N) is 3. The minimum Gasteiger partial charge on any atom is -0.338 e. The van der Waals surface area contributed by atoms with E-state index in [2.05, 4.69) is 16.2 Å². The van der Waals surface area contributed by atoms with Crippen molar-refractivity contribution in [2.45, 2.75) is 13.0 Å². The molecule has 0 aliphatic carbocycles. The summed E-state index contributed by atoms with van der Waals surface area (Å²) in [6, 6.07) is 19.1. The third kappa shape index (κ3) is 4.67. The van der Waals surface area contributed by atoms with Gasteiger partial charge in [0.15, 0.2) is 5.11 Å². The van der Waals surface area contributed by atoms with Crippen LogP contribution in [-0.4, -0.2) is 21.5 Å². The van der Waals surface area contributed by atoms with Crippen LogP contribution >= 0.6 is 12.2 Å². The predicted molar refractivity (Wildman–Crippen MR) is 104 cm³/mol. The highest BCUT2D eigenvalue weighted by Gasteiger charge is 2.08. The topological polar surface area (TPSA) is 75.2 Å². The molecule has 0 saturated heterocycles. The maximum absolute atomic E-state index is 12.1. The number of hydrazine groups is 1. The number of aromatic nitrogens is 1. The van der Waals surface area contributed by atoms with Crippen molar-refractivity contribution in [1.29, 1.82) is 0 Å². The molecular weight excluding hydrogens is 348 g/mol. The minimum absolute atomic E-state index is 0.0524. The Balaban J connectivity index is 1.45. The predicted octanol–water partition coefficient (Wildman–Crippen LogP) is 1.91. The van der Waals surface area contributed by atoms with Crippen molar-refractivity contribution in [3.63, 3.8) is 0 Å². The van der Waals surface area contributed by atoms with Crippen molar-refractivity contribution in [3.8, 4) is 0 Å². The number of hydrogen-bond acceptors (Lipinski definition) is 3. The number of carbonyl (C=O) groups is 2. The summed E-state index contributed by atoms with van der Waals surface area (Å²) < 4.78 is 1.84. The van der Waals surface area contributed by atoms with Crippen molar-refractivity contribution >= 4 is 40.0 Å². The zero-order valence-corrected chi connectivity index (χ0v) is 14.8. The maximum Gasteiger partial charge on any atom is 0.258 e. The van der Waals surface area contributed by atoms with E-state index in [1.807, 2.05) is 71.4 Å². The molecule has 0 aliphatic rings. The molecule has 0 atom stereocenters. The summed E-state index contributed by atoms with van der Waals surface area (Å²) in [5, 5.41) is 3.65. The van der Waals surface area contributed by atoms with Crippen molar-refractivity contribution in [2.24, 2.45) is 0 Å². The largest absolute Gasteiger partial charge is 0.338 e. The molecule has 132 valence electrons. The fourth-order valence-electron chi connectivity index (χ4n) is 2.58. The zero-order valence-electron chi connectivity index (χ0n) is 13.9. The Labute approximate surface area is 156 Å². The van der Waals surface area contributed by atoms with E-state index in [-0.39, 0.29) is 29.9 Å². The molecule has 0 aliphatic heterocycles. The fourth-order valence-corrected chi connectivity index (χ4v) is 2.75. The number of nitrogens with zero attached hydrogens (tertiary/aromatic N) is 1. The Hall–Kier alpha value is -3.19. The van der Waals surface area contributed by atoms with Gasteiger partial charge in [-0.15, -0.1) is 0 Å². The highest BCUT2D eigenvalue weighted by atomic mass is 32.1. The molecule has 26 heavy (non-hydrogen) atoms. The van der Waals surface area contributed by atoms with E-state index in [0.717, 1.165) is 16.5 Å². The van der Waals surface area contributed by atoms with E-state index in [9.17, 15) is 9.59 Å². The van der Waals surface area contributed by atoms with E-state index in [1.165, 1.54) is 0 Å². The summed E-state index contributed by atoms with van der Waals surface area (Å²) in [4.78, 5) is 24.0. The molecule has 1 heterocycles. The Kier molecular flexibility index (Phi) is 5.60. The third-order valence-corrected chi connectivity index (χ3v) is 3.97. The van der Waals surface area contributed by atoms with Crippen molar-refractivity contribution in [1.82, 2.24) is 20.7 Å². The summed E-state index contributed by atoms with van der Waals surface area (Å²) in [7, 11) is 0. The van der Waals surface area contributed by atoms with E-state index >= 15 is 0 Å². The number of benzene rings is 2. The van der Waals surface area contributed by atoms with Gasteiger partial charge in [0, 0.05) is 11.7 Å². The van der Waals surface area contributed by atoms with E-state index < -0.39 is 0 Å². The lowest BCUT2D eigenvalue weighted by molar-refractivity contribution is -0.122. The molecule has 7 heteroatoms. The highest BCUT2D eigenvalue weighted by molar-refractivity contribution is 7.80. The Morgan fingerprint density at radius 3 is 2.42 bits per heavy atom. The number of para-hydroxylation sites is 1. The van der Waals surface area contributed by atoms with Crippen LogP contribution < -0.4 is 16.2 Å². The molecule has 0 spiro atoms. The first kappa shape index (κ1) is 17.6. The first-order chi connectivity index (χ1) is 12.6. The molecule has 3 aromatic rings. The van der Waals surface area contributed by atoms with Crippen LogP contribution in [0, 0.1) is 0 Å². The lowest BCUT2D eigenvalue weighted by Crippen LogP contribution is -2.49. The molecule has 3 N–H and O–H groups in total. The molecule has 0 unspecified atom stereocenters. The summed E-state index contributed by atoms with van der Waals surface area (Å²) in [5.41, 5.74) is 6.89. The van der Waals surface area contributed by atoms with Crippen molar-refractivity contribution in [2.75, 3.05) is 0 Å². The minimum atomic E-state index is -0.272. The molecule has 0 saturated carbocycles. The van der Waals surface area contributed by atoms with Crippen LogP contribution in [0.5, 0.6) is 0 Å². The van der Waals surface area contributed by atoms with Gasteiger partial charge in [-0.3, -0.25) is 20.4 Å². The van der Waals surface area contributed by atoms with Gasteiger partial charge < -0.3 is 9.88 Å². The first-order valence-electron chi connectivity index (χ1n) is 8.08. The standard InChI is InChI=1S/C19H18N4O2S/c24-17(12-14-6-2-1-3-7-14)20-19(26)22-21-18(25)13-23-11-10-15-8-4-5-9-16(15)23/h1-11H,12-13H2,(H,21,25)(H2,20,22,24,26). The van der Waals surface area contributed by atoms with Gasteiger partial charge in [0.05, 0.1) is 6.42 Å². The van der Waals surface area contributed by atoms with Gasteiger partial charge in [-0.05, 0) is 35.3 Å². The molecule has 0 radical (unpaired) electrons. The van der Waals surface area contributed by atoms with Gasteiger partial charge in [-0.2, -0.15) is 0 Å². The summed E-state index contributed by atoms with van der Waals surface area (Å²) in [6.45, 7) is 0.140. The molecular formula is C19H18N4O2S. The van der Waals surface area contributed by atoms with Crippen LogP contribution in [0.2, 0.25) is 0 Å². The van der Waals surface area contributed by atoms with Gasteiger partial charge >= 0.3 is 0 Å². The monoisotopic (exact) mass is 366 g/mol. The molecule has 1 aromatic heterocycles. The zero-order chi connectivity index (χ0) is 18.4. The van der Waals surface area contributed by atoms with Crippen LogP contribution in [0.1, 0.15) is 5.56 Å². The van der Waals surface area contributed by atoms with Gasteiger partial charge in [0.25, 0.3) is 5.91 Å². The fraction of sp³-hybridized carbons (Fsp3) is 0.105. The molecule has 0 bridgehead atoms. The summed E-state index contributed by atoms with van der Waals surface area (Å²) in [5.74, 6) is -0.523. The Morgan fingerprint density at radius 2 is 1.62 bits per heavy atom. The van der Waals surface area contributed by atoms with Crippen molar-refractivity contribution < 1.29 is 9.59 Å². The number of amides is 2. The normalized spacial score (nSPS) is 10.3. The second-order valence-corrected chi connectivity index (χ2v) is 6.12. The van der Waals surface area contributed by atoms with Crippen LogP contribution in [0.15, 0.2) is 66.9 Å². The summed E-state index contributed by atoms with van der Waals surface area (Å²) >= 11 is 5.03. The molecule has 2 amide bonds. The van der Waals surface area contributed by atoms with Gasteiger partial charge in [-0.25, -0.2) is 0 Å². The third-order valence-electron chi connectivity index (χ3n) is 3.77. The number of rotatable bonds is 4. The quantitative estimate of drug-likeness (QED) is 0.487. The van der Waals surface area contributed by atoms with Gasteiger partial charge in [-0.1, -0.05) is 48.5 Å².